The zero-order chi connectivity index (χ0) is 53.9. The maximum atomic E-state index is 12.7. The molecule has 0 amide bonds. The summed E-state index contributed by atoms with van der Waals surface area (Å²) in [5.74, 6) is -2.54. The Morgan fingerprint density at radius 2 is 1.11 bits per heavy atom. The van der Waals surface area contributed by atoms with Gasteiger partial charge in [0.05, 0.1) is 76.8 Å². The van der Waals surface area contributed by atoms with E-state index in [2.05, 4.69) is 80.8 Å². The number of halogens is 4. The molecular formula is C45H49Br2ClFN11O12. The fourth-order valence-corrected chi connectivity index (χ4v) is 5.03. The van der Waals surface area contributed by atoms with Crippen LogP contribution < -0.4 is 27.0 Å². The standard InChI is InChI=1S/C13H14N2O2.C10H9N3O4.C10H11N3O2.C7H3FN2O2.C3H7NO2.C2H4Br2.ClH/c1-14-11-6-5-10-4-3-7-15(12(10)8-11)9-13(16)17-2;1-11-7-3-4-9(13(15)16)8(5-7)12-6-10(14)17-2;1-12-7-3-4-8(11)9(5-7)13-6-10(14)15-2;1-9-5-2-3-7(10(11)12)6(8)4-5;1-6-3(5)2-4;3-1-2-4;/h5-6,8H,3-4,7,9H2,2H3;3-5,12H,6H2,2H3;3-5,13H,6,11H2,2H3;2-4H;2,4H2,1H3;1-2H2;1H. The van der Waals surface area contributed by atoms with Crippen molar-refractivity contribution in [3.63, 3.8) is 0 Å². The molecule has 1 heterocycles. The van der Waals surface area contributed by atoms with Gasteiger partial charge in [-0.25, -0.2) is 23.8 Å². The molecule has 1 aliphatic heterocycles. The van der Waals surface area contributed by atoms with Gasteiger partial charge in [-0.15, -0.1) is 12.4 Å². The minimum Gasteiger partial charge on any atom is -0.468 e. The number of aryl methyl sites for hydroxylation is 1. The maximum Gasteiger partial charge on any atom is 0.325 e. The Balaban J connectivity index is 0. The van der Waals surface area contributed by atoms with E-state index >= 15 is 0 Å². The lowest BCUT2D eigenvalue weighted by Crippen LogP contribution is -2.34. The summed E-state index contributed by atoms with van der Waals surface area (Å²) in [5.41, 5.74) is 14.4. The van der Waals surface area contributed by atoms with Crippen molar-refractivity contribution >= 4 is 125 Å². The van der Waals surface area contributed by atoms with E-state index in [4.69, 9.17) is 37.8 Å². The molecule has 4 aromatic rings. The molecule has 27 heteroatoms. The van der Waals surface area contributed by atoms with E-state index in [1.807, 2.05) is 23.1 Å². The molecule has 0 fully saturated rings. The van der Waals surface area contributed by atoms with Gasteiger partial charge in [-0.2, -0.15) is 0 Å². The van der Waals surface area contributed by atoms with Crippen molar-refractivity contribution in [2.45, 2.75) is 12.8 Å². The van der Waals surface area contributed by atoms with Crippen LogP contribution in [0.3, 0.4) is 0 Å². The van der Waals surface area contributed by atoms with Crippen LogP contribution >= 0.6 is 44.3 Å². The molecule has 5 rings (SSSR count). The van der Waals surface area contributed by atoms with Gasteiger partial charge in [-0.3, -0.25) is 39.4 Å². The van der Waals surface area contributed by atoms with Gasteiger partial charge in [0.25, 0.3) is 5.69 Å². The monoisotopic (exact) mass is 1150 g/mol. The first kappa shape index (κ1) is 65.9. The summed E-state index contributed by atoms with van der Waals surface area (Å²) in [4.78, 5) is 77.1. The van der Waals surface area contributed by atoms with E-state index in [0.717, 1.165) is 47.9 Å². The van der Waals surface area contributed by atoms with Crippen molar-refractivity contribution in [1.29, 1.82) is 0 Å². The van der Waals surface area contributed by atoms with Crippen LogP contribution in [0, 0.1) is 52.3 Å². The summed E-state index contributed by atoms with van der Waals surface area (Å²) in [5, 5.41) is 28.3. The lowest BCUT2D eigenvalue weighted by molar-refractivity contribution is -0.387. The fraction of sp³-hybridized carbons (Fsp3) is 0.289. The molecular weight excluding hydrogens is 1100 g/mol. The first-order chi connectivity index (χ1) is 33.9. The van der Waals surface area contributed by atoms with Crippen molar-refractivity contribution in [2.75, 3.05) is 93.1 Å². The average molecular weight is 1150 g/mol. The molecule has 4 aromatic carbocycles. The molecule has 1 aliphatic rings. The molecule has 6 N–H and O–H groups in total. The predicted octanol–water partition coefficient (Wildman–Crippen LogP) is 8.90. The summed E-state index contributed by atoms with van der Waals surface area (Å²) in [7, 11) is 5.22. The van der Waals surface area contributed by atoms with Gasteiger partial charge < -0.3 is 45.9 Å². The molecule has 0 saturated heterocycles. The van der Waals surface area contributed by atoms with E-state index in [1.165, 1.54) is 58.3 Å². The topological polar surface area (TPSA) is 288 Å². The number of carbonyl (C=O) groups is 4. The predicted molar refractivity (Wildman–Crippen MR) is 278 cm³/mol. The number of methoxy groups -OCH3 is 4. The number of fused-ring (bicyclic) bond motifs is 1. The Kier molecular flexibility index (Phi) is 34.5. The molecule has 23 nitrogen and oxygen atoms in total. The van der Waals surface area contributed by atoms with E-state index in [0.29, 0.717) is 22.7 Å². The number of anilines is 4. The fourth-order valence-electron chi connectivity index (χ4n) is 5.03. The number of hydrogen-bond acceptors (Lipinski definition) is 17. The van der Waals surface area contributed by atoms with Gasteiger partial charge in [0.2, 0.25) is 0 Å². The van der Waals surface area contributed by atoms with Crippen LogP contribution in [0.15, 0.2) is 72.8 Å². The normalized spacial score (nSPS) is 9.86. The second kappa shape index (κ2) is 37.7. The number of nitrogens with zero attached hydrogens (tertiary/aromatic N) is 7. The highest BCUT2D eigenvalue weighted by Gasteiger charge is 2.20. The number of nitrogen functional groups attached to an aromatic ring is 1. The van der Waals surface area contributed by atoms with Crippen LogP contribution in [-0.2, 0) is 44.5 Å². The number of nitrogens with one attached hydrogen (secondary N) is 2. The van der Waals surface area contributed by atoms with Gasteiger partial charge in [0.1, 0.15) is 25.3 Å². The summed E-state index contributed by atoms with van der Waals surface area (Å²) in [6.07, 6.45) is 2.03. The van der Waals surface area contributed by atoms with Gasteiger partial charge in [0, 0.05) is 40.7 Å². The van der Waals surface area contributed by atoms with Crippen LogP contribution in [0.1, 0.15) is 12.0 Å². The van der Waals surface area contributed by atoms with Crippen molar-refractivity contribution in [3.05, 3.63) is 150 Å². The molecule has 0 radical (unpaired) electrons. The number of hydrogen-bond donors (Lipinski definition) is 4. The highest BCUT2D eigenvalue weighted by Crippen LogP contribution is 2.32. The van der Waals surface area contributed by atoms with Gasteiger partial charge in [0.15, 0.2) is 28.6 Å². The number of nitrogens with two attached hydrogens (primary N) is 2. The average Bonchev–Trinajstić information content (AvgIpc) is 3.39. The summed E-state index contributed by atoms with van der Waals surface area (Å²) < 4.78 is 30.4. The first-order valence-electron chi connectivity index (χ1n) is 19.9. The zero-order valence-electron chi connectivity index (χ0n) is 39.0. The third-order valence-corrected chi connectivity index (χ3v) is 10.3. The molecule has 72 heavy (non-hydrogen) atoms. The second-order valence-electron chi connectivity index (χ2n) is 13.0. The van der Waals surface area contributed by atoms with Crippen LogP contribution in [0.2, 0.25) is 0 Å². The minimum atomic E-state index is -0.978. The zero-order valence-corrected chi connectivity index (χ0v) is 43.0. The highest BCUT2D eigenvalue weighted by molar-refractivity contribution is 9.11. The SMILES string of the molecule is BrCCBr.COC(=O)CN.Cl.[C-]#[N+]c1ccc(N)c(NCC(=O)OC)c1.[C-]#[N+]c1ccc([N+](=O)[O-])c(F)c1.[C-]#[N+]c1ccc([N+](=O)[O-])c(NCC(=O)OC)c1.[C-]#[N+]c1ccc2c(c1)N(CC(=O)OC)CCC2. The van der Waals surface area contributed by atoms with E-state index in [1.54, 1.807) is 18.2 Å². The van der Waals surface area contributed by atoms with Gasteiger partial charge in [-0.05, 0) is 60.9 Å². The van der Waals surface area contributed by atoms with E-state index in [-0.39, 0.29) is 79.2 Å². The summed E-state index contributed by atoms with van der Waals surface area (Å²) in [6.45, 7) is 28.1. The van der Waals surface area contributed by atoms with Gasteiger partial charge >= 0.3 is 29.6 Å². The lowest BCUT2D eigenvalue weighted by atomic mass is 10.0. The van der Waals surface area contributed by atoms with Crippen molar-refractivity contribution in [2.24, 2.45) is 5.73 Å². The second-order valence-corrected chi connectivity index (χ2v) is 14.6. The number of ether oxygens (including phenoxy) is 4. The quantitative estimate of drug-likeness (QED) is 0.0196. The summed E-state index contributed by atoms with van der Waals surface area (Å²) >= 11 is 6.40. The number of carbonyl (C=O) groups excluding carboxylic acids is 4. The molecule has 384 valence electrons. The van der Waals surface area contributed by atoms with Crippen LogP contribution in [0.25, 0.3) is 19.4 Å². The smallest absolute Gasteiger partial charge is 0.325 e. The molecule has 0 unspecified atom stereocenters. The Morgan fingerprint density at radius 1 is 0.681 bits per heavy atom. The first-order valence-corrected chi connectivity index (χ1v) is 22.2. The maximum absolute atomic E-state index is 12.7. The number of nitro benzene ring substituents is 2. The molecule has 0 aromatic heterocycles. The van der Waals surface area contributed by atoms with Gasteiger partial charge in [-0.1, -0.05) is 50.1 Å². The largest absolute Gasteiger partial charge is 0.468 e. The minimum absolute atomic E-state index is 0. The Bertz CT molecular complexity index is 2620. The molecule has 0 saturated carbocycles. The molecule has 0 spiro atoms. The van der Waals surface area contributed by atoms with E-state index < -0.39 is 27.3 Å². The Morgan fingerprint density at radius 3 is 1.54 bits per heavy atom. The third kappa shape index (κ3) is 25.5. The number of alkyl halides is 2. The van der Waals surface area contributed by atoms with Crippen LogP contribution in [0.4, 0.5) is 61.3 Å². The van der Waals surface area contributed by atoms with Crippen molar-refractivity contribution in [3.8, 4) is 0 Å². The third-order valence-electron chi connectivity index (χ3n) is 8.46. The highest BCUT2D eigenvalue weighted by atomic mass is 79.9. The number of rotatable bonds is 12. The molecule has 0 atom stereocenters. The number of nitro groups is 2. The Labute approximate surface area is 437 Å². The van der Waals surface area contributed by atoms with Crippen LogP contribution in [0.5, 0.6) is 0 Å². The lowest BCUT2D eigenvalue weighted by Gasteiger charge is -2.30. The molecule has 0 bridgehead atoms. The van der Waals surface area contributed by atoms with Crippen molar-refractivity contribution in [1.82, 2.24) is 0 Å². The molecule has 0 aliphatic carbocycles. The van der Waals surface area contributed by atoms with Crippen molar-refractivity contribution < 1.29 is 52.4 Å². The Hall–Kier alpha value is -8.14. The summed E-state index contributed by atoms with van der Waals surface area (Å²) in [6, 6.07) is 17.4. The van der Waals surface area contributed by atoms with Crippen LogP contribution in [-0.4, -0.2) is 106 Å². The number of benzene rings is 4. The van der Waals surface area contributed by atoms with E-state index in [9.17, 15) is 43.8 Å². The number of esters is 4.